The minimum Gasteiger partial charge on any atom is -0.475 e. The molecule has 0 aliphatic carbocycles. The van der Waals surface area contributed by atoms with Gasteiger partial charge in [0.05, 0.1) is 18.8 Å². The third-order valence-electron chi connectivity index (χ3n) is 6.51. The van der Waals surface area contributed by atoms with Crippen molar-refractivity contribution in [3.8, 4) is 16.9 Å². The van der Waals surface area contributed by atoms with E-state index in [9.17, 15) is 22.8 Å². The number of tetrazole rings is 1. The number of aliphatic carboxylic acids is 1. The average Bonchev–Trinajstić information content (AvgIpc) is 3.74. The van der Waals surface area contributed by atoms with E-state index < -0.39 is 30.3 Å². The van der Waals surface area contributed by atoms with Gasteiger partial charge in [0.15, 0.2) is 0 Å². The molecule has 256 valence electrons. The molecule has 5 aromatic rings. The Labute approximate surface area is 285 Å². The Bertz CT molecular complexity index is 1870. The van der Waals surface area contributed by atoms with Crippen LogP contribution in [0.3, 0.4) is 0 Å². The number of amides is 3. The first kappa shape index (κ1) is 36.2. The number of carbonyl (C=O) groups excluding carboxylic acids is 2. The van der Waals surface area contributed by atoms with Crippen molar-refractivity contribution in [3.05, 3.63) is 106 Å². The predicted octanol–water partition coefficient (Wildman–Crippen LogP) is 5.95. The number of urea groups is 1. The van der Waals surface area contributed by atoms with Gasteiger partial charge in [-0.15, -0.1) is 5.10 Å². The molecule has 5 rings (SSSR count). The highest BCUT2D eigenvalue weighted by molar-refractivity contribution is 6.32. The van der Waals surface area contributed by atoms with Gasteiger partial charge in [-0.3, -0.25) is 5.32 Å². The zero-order valence-corrected chi connectivity index (χ0v) is 26.7. The number of ether oxygens (including phenoxy) is 1. The number of alkyl halides is 3. The number of nitrogens with zero attached hydrogens (tertiary/aromatic N) is 5. The zero-order valence-electron chi connectivity index (χ0n) is 25.2. The normalized spacial score (nSPS) is 11.5. The fraction of sp³-hybridized carbons (Fsp3) is 0.167. The molecule has 1 atom stereocenters. The van der Waals surface area contributed by atoms with Crippen molar-refractivity contribution in [2.45, 2.75) is 25.2 Å². The Hall–Kier alpha value is -5.68. The second-order valence-corrected chi connectivity index (χ2v) is 10.7. The third-order valence-corrected chi connectivity index (χ3v) is 7.01. The monoisotopic (exact) mass is 719 g/mol. The minimum absolute atomic E-state index is 0.162. The van der Waals surface area contributed by atoms with Crippen LogP contribution in [0.4, 0.5) is 28.4 Å². The number of anilines is 1. The van der Waals surface area contributed by atoms with Crippen LogP contribution in [0.25, 0.3) is 16.9 Å². The Kier molecular flexibility index (Phi) is 12.1. The summed E-state index contributed by atoms with van der Waals surface area (Å²) in [6.45, 7) is 0.162. The molecule has 49 heavy (non-hydrogen) atoms. The van der Waals surface area contributed by atoms with Crippen LogP contribution in [-0.2, 0) is 22.5 Å². The van der Waals surface area contributed by atoms with Gasteiger partial charge in [0.1, 0.15) is 23.0 Å². The van der Waals surface area contributed by atoms with Crippen LogP contribution in [-0.4, -0.2) is 66.7 Å². The summed E-state index contributed by atoms with van der Waals surface area (Å²) in [4.78, 5) is 41.4. The van der Waals surface area contributed by atoms with Crippen molar-refractivity contribution in [1.82, 2.24) is 40.8 Å². The number of aromatic nitrogens is 6. The molecule has 0 fully saturated rings. The molecule has 5 N–H and O–H groups in total. The van der Waals surface area contributed by atoms with Crippen LogP contribution in [0, 0.1) is 0 Å². The van der Waals surface area contributed by atoms with Crippen molar-refractivity contribution >= 4 is 47.0 Å². The number of nitrogens with one attached hydrogen (secondary N) is 4. The summed E-state index contributed by atoms with van der Waals surface area (Å²) < 4.78 is 37.9. The number of rotatable bonds is 9. The second kappa shape index (κ2) is 16.4. The van der Waals surface area contributed by atoms with E-state index in [1.165, 1.54) is 18.1 Å². The van der Waals surface area contributed by atoms with E-state index in [0.717, 1.165) is 16.7 Å². The van der Waals surface area contributed by atoms with Crippen molar-refractivity contribution in [3.63, 3.8) is 0 Å². The van der Waals surface area contributed by atoms with E-state index in [2.05, 4.69) is 41.2 Å². The highest BCUT2D eigenvalue weighted by atomic mass is 35.5. The lowest BCUT2D eigenvalue weighted by Gasteiger charge is -2.18. The molecule has 0 aliphatic heterocycles. The lowest BCUT2D eigenvalue weighted by Crippen LogP contribution is -2.39. The van der Waals surface area contributed by atoms with Gasteiger partial charge < -0.3 is 25.5 Å². The summed E-state index contributed by atoms with van der Waals surface area (Å²) in [5, 5.41) is 27.7. The largest absolute Gasteiger partial charge is 0.490 e. The summed E-state index contributed by atoms with van der Waals surface area (Å²) in [6, 6.07) is 21.0. The fourth-order valence-electron chi connectivity index (χ4n) is 4.25. The van der Waals surface area contributed by atoms with Crippen LogP contribution in [0.5, 0.6) is 0 Å². The molecule has 19 heteroatoms. The maximum atomic E-state index is 13.2. The first-order valence-electron chi connectivity index (χ1n) is 13.9. The van der Waals surface area contributed by atoms with Crippen LogP contribution >= 0.6 is 23.2 Å². The molecule has 0 aliphatic rings. The SMILES string of the molecule is COC(=O)Nc1ccc(-c2nc([C@H](Cc3ccccc3)NC(=O)NCc3cc(Cl)ccc3-n3cnnn3)[nH]c2Cl)cc1.O=C(O)C(F)(F)F. The number of carboxylic acids is 1. The average molecular weight is 720 g/mol. The van der Waals surface area contributed by atoms with E-state index in [0.29, 0.717) is 39.5 Å². The van der Waals surface area contributed by atoms with Gasteiger partial charge in [-0.1, -0.05) is 65.7 Å². The Morgan fingerprint density at radius 1 is 1.04 bits per heavy atom. The number of benzene rings is 3. The fourth-order valence-corrected chi connectivity index (χ4v) is 4.69. The van der Waals surface area contributed by atoms with E-state index in [1.807, 2.05) is 30.3 Å². The van der Waals surface area contributed by atoms with Gasteiger partial charge in [-0.05, 0) is 58.3 Å². The number of carboxylic acid groups (broad SMARTS) is 1. The Morgan fingerprint density at radius 3 is 2.35 bits per heavy atom. The predicted molar refractivity (Wildman–Crippen MR) is 171 cm³/mol. The molecule has 0 radical (unpaired) electrons. The molecular weight excluding hydrogens is 694 g/mol. The number of aromatic amines is 1. The summed E-state index contributed by atoms with van der Waals surface area (Å²) in [7, 11) is 1.29. The van der Waals surface area contributed by atoms with Crippen molar-refractivity contribution in [2.75, 3.05) is 12.4 Å². The summed E-state index contributed by atoms with van der Waals surface area (Å²) in [6.07, 6.45) is -3.74. The molecule has 0 bridgehead atoms. The first-order valence-corrected chi connectivity index (χ1v) is 14.7. The third kappa shape index (κ3) is 10.4. The van der Waals surface area contributed by atoms with E-state index >= 15 is 0 Å². The van der Waals surface area contributed by atoms with E-state index in [1.54, 1.807) is 42.5 Å². The van der Waals surface area contributed by atoms with Crippen LogP contribution in [0.15, 0.2) is 79.1 Å². The lowest BCUT2D eigenvalue weighted by atomic mass is 10.1. The number of carbonyl (C=O) groups is 3. The summed E-state index contributed by atoms with van der Waals surface area (Å²) in [5.41, 5.74) is 4.17. The molecular formula is C30H26Cl2F3N9O5. The summed E-state index contributed by atoms with van der Waals surface area (Å²) in [5.74, 6) is -2.28. The van der Waals surface area contributed by atoms with Gasteiger partial charge in [0.25, 0.3) is 0 Å². The van der Waals surface area contributed by atoms with Gasteiger partial charge in [-0.25, -0.2) is 24.0 Å². The minimum atomic E-state index is -5.08. The quantitative estimate of drug-likeness (QED) is 0.123. The molecule has 0 spiro atoms. The van der Waals surface area contributed by atoms with E-state index in [-0.39, 0.29) is 6.54 Å². The topological polar surface area (TPSA) is 189 Å². The molecule has 3 amide bonds. The highest BCUT2D eigenvalue weighted by Gasteiger charge is 2.38. The molecule has 2 heterocycles. The molecule has 0 saturated carbocycles. The zero-order chi connectivity index (χ0) is 35.6. The maximum absolute atomic E-state index is 13.2. The Balaban J connectivity index is 0.000000698. The molecule has 14 nitrogen and oxygen atoms in total. The van der Waals surface area contributed by atoms with Crippen LogP contribution < -0.4 is 16.0 Å². The van der Waals surface area contributed by atoms with Crippen LogP contribution in [0.2, 0.25) is 10.2 Å². The van der Waals surface area contributed by atoms with Gasteiger partial charge in [0.2, 0.25) is 0 Å². The standard InChI is InChI=1S/C28H25Cl2N9O3.C2HF3O2/c1-42-28(41)33-21-10-7-18(8-11-21)24-25(30)36-26(35-24)22(13-17-5-3-2-4-6-17)34-27(40)31-15-19-14-20(29)9-12-23(19)39-16-32-37-38-39;3-2(4,5)1(6)7/h2-12,14,16,22H,13,15H2,1H3,(H,33,41)(H,35,36)(H2,31,34,40);(H,6,7)/t22-;/m0./s1. The van der Waals surface area contributed by atoms with Crippen molar-refractivity contribution in [2.24, 2.45) is 0 Å². The number of H-pyrrole nitrogens is 1. The van der Waals surface area contributed by atoms with Crippen molar-refractivity contribution in [1.29, 1.82) is 0 Å². The number of hydrogen-bond acceptors (Lipinski definition) is 8. The summed E-state index contributed by atoms with van der Waals surface area (Å²) >= 11 is 12.8. The molecule has 0 unspecified atom stereocenters. The number of hydrogen-bond donors (Lipinski definition) is 5. The van der Waals surface area contributed by atoms with Gasteiger partial charge in [0, 0.05) is 22.8 Å². The maximum Gasteiger partial charge on any atom is 0.490 e. The molecule has 3 aromatic carbocycles. The van der Waals surface area contributed by atoms with Gasteiger partial charge >= 0.3 is 24.3 Å². The molecule has 0 saturated heterocycles. The van der Waals surface area contributed by atoms with Gasteiger partial charge in [-0.2, -0.15) is 13.2 Å². The lowest BCUT2D eigenvalue weighted by molar-refractivity contribution is -0.192. The van der Waals surface area contributed by atoms with Crippen molar-refractivity contribution < 1.29 is 37.4 Å². The number of halogens is 5. The molecule has 2 aromatic heterocycles. The second-order valence-electron chi connectivity index (χ2n) is 9.88. The smallest absolute Gasteiger partial charge is 0.475 e. The van der Waals surface area contributed by atoms with E-state index in [4.69, 9.17) is 38.1 Å². The number of methoxy groups -OCH3 is 1. The highest BCUT2D eigenvalue weighted by Crippen LogP contribution is 2.29. The number of imidazole rings is 1. The Morgan fingerprint density at radius 2 is 1.73 bits per heavy atom. The first-order chi connectivity index (χ1) is 23.3. The van der Waals surface area contributed by atoms with Crippen LogP contribution in [0.1, 0.15) is 23.0 Å².